The quantitative estimate of drug-likeness (QED) is 0.687. The van der Waals surface area contributed by atoms with Gasteiger partial charge in [0.05, 0.1) is 0 Å². The summed E-state index contributed by atoms with van der Waals surface area (Å²) in [5, 5.41) is 3.90. The van der Waals surface area contributed by atoms with E-state index >= 15 is 0 Å². The second kappa shape index (κ2) is 2.50. The first-order valence-electron chi connectivity index (χ1n) is 6.00. The maximum Gasteiger partial charge on any atom is 0.0157 e. The van der Waals surface area contributed by atoms with E-state index in [0.29, 0.717) is 5.54 Å². The Balaban J connectivity index is 1.65. The van der Waals surface area contributed by atoms with E-state index in [-0.39, 0.29) is 0 Å². The van der Waals surface area contributed by atoms with Crippen LogP contribution in [-0.2, 0) is 0 Å². The molecular formula is C12H21N. The van der Waals surface area contributed by atoms with Gasteiger partial charge in [-0.05, 0) is 50.9 Å². The molecule has 74 valence electrons. The molecule has 1 heteroatoms. The van der Waals surface area contributed by atoms with E-state index in [2.05, 4.69) is 12.2 Å². The minimum absolute atomic E-state index is 0.556. The molecule has 0 radical (unpaired) electrons. The fraction of sp³-hybridized carbons (Fsp3) is 1.00. The molecule has 1 atom stereocenters. The highest BCUT2D eigenvalue weighted by molar-refractivity contribution is 5.09. The molecule has 13 heavy (non-hydrogen) atoms. The van der Waals surface area contributed by atoms with Crippen molar-refractivity contribution in [3.63, 3.8) is 0 Å². The Kier molecular flexibility index (Phi) is 1.59. The molecule has 3 fully saturated rings. The third-order valence-corrected chi connectivity index (χ3v) is 4.79. The number of nitrogens with one attached hydrogen (secondary N) is 1. The van der Waals surface area contributed by atoms with Crippen LogP contribution in [0.4, 0.5) is 0 Å². The number of hydrogen-bond donors (Lipinski definition) is 1. The van der Waals surface area contributed by atoms with E-state index in [1.807, 2.05) is 0 Å². The molecule has 0 bridgehead atoms. The molecule has 1 unspecified atom stereocenters. The van der Waals surface area contributed by atoms with Gasteiger partial charge >= 0.3 is 0 Å². The summed E-state index contributed by atoms with van der Waals surface area (Å²) in [6.07, 6.45) is 11.8. The van der Waals surface area contributed by atoms with Gasteiger partial charge in [0.15, 0.2) is 0 Å². The summed E-state index contributed by atoms with van der Waals surface area (Å²) in [4.78, 5) is 0. The molecule has 1 spiro atoms. The fourth-order valence-electron chi connectivity index (χ4n) is 3.35. The molecule has 0 heterocycles. The van der Waals surface area contributed by atoms with E-state index < -0.39 is 0 Å². The standard InChI is InChI=1S/C12H21N/c1-11(8-9-11)13-10-4-7-12(10)5-2-3-6-12/h10,13H,2-9H2,1H3. The van der Waals surface area contributed by atoms with Crippen molar-refractivity contribution in [2.75, 3.05) is 0 Å². The van der Waals surface area contributed by atoms with Gasteiger partial charge in [0, 0.05) is 11.6 Å². The Labute approximate surface area is 81.3 Å². The van der Waals surface area contributed by atoms with Crippen LogP contribution < -0.4 is 5.32 Å². The van der Waals surface area contributed by atoms with Gasteiger partial charge < -0.3 is 5.32 Å². The van der Waals surface area contributed by atoms with E-state index in [0.717, 1.165) is 11.5 Å². The summed E-state index contributed by atoms with van der Waals surface area (Å²) < 4.78 is 0. The summed E-state index contributed by atoms with van der Waals surface area (Å²) in [5.41, 5.74) is 1.33. The monoisotopic (exact) mass is 179 g/mol. The van der Waals surface area contributed by atoms with Crippen molar-refractivity contribution in [1.82, 2.24) is 5.32 Å². The third-order valence-electron chi connectivity index (χ3n) is 4.79. The van der Waals surface area contributed by atoms with Crippen LogP contribution >= 0.6 is 0 Å². The second-order valence-electron chi connectivity index (χ2n) is 5.87. The van der Waals surface area contributed by atoms with E-state index in [1.54, 1.807) is 0 Å². The first-order chi connectivity index (χ1) is 6.23. The molecule has 3 aliphatic carbocycles. The van der Waals surface area contributed by atoms with E-state index in [9.17, 15) is 0 Å². The molecule has 0 saturated heterocycles. The summed E-state index contributed by atoms with van der Waals surface area (Å²) >= 11 is 0. The molecule has 0 amide bonds. The van der Waals surface area contributed by atoms with Crippen LogP contribution in [0.2, 0.25) is 0 Å². The van der Waals surface area contributed by atoms with E-state index in [1.165, 1.54) is 51.4 Å². The maximum atomic E-state index is 3.90. The SMILES string of the molecule is CC1(NC2CCC23CCCC3)CC1. The number of rotatable bonds is 2. The zero-order valence-electron chi connectivity index (χ0n) is 8.73. The molecular weight excluding hydrogens is 158 g/mol. The predicted molar refractivity (Wildman–Crippen MR) is 54.7 cm³/mol. The van der Waals surface area contributed by atoms with Gasteiger partial charge in [0.2, 0.25) is 0 Å². The Morgan fingerprint density at radius 2 is 1.69 bits per heavy atom. The van der Waals surface area contributed by atoms with Crippen LogP contribution in [0.15, 0.2) is 0 Å². The van der Waals surface area contributed by atoms with Crippen LogP contribution in [0, 0.1) is 5.41 Å². The lowest BCUT2D eigenvalue weighted by atomic mass is 9.63. The summed E-state index contributed by atoms with van der Waals surface area (Å²) in [7, 11) is 0. The van der Waals surface area contributed by atoms with Crippen LogP contribution in [-0.4, -0.2) is 11.6 Å². The Hall–Kier alpha value is -0.0400. The molecule has 1 N–H and O–H groups in total. The zero-order chi connectivity index (χ0) is 8.94. The molecule has 0 aliphatic heterocycles. The van der Waals surface area contributed by atoms with Crippen LogP contribution in [0.25, 0.3) is 0 Å². The van der Waals surface area contributed by atoms with Crippen molar-refractivity contribution < 1.29 is 0 Å². The largest absolute Gasteiger partial charge is 0.308 e. The Morgan fingerprint density at radius 3 is 2.15 bits per heavy atom. The second-order valence-corrected chi connectivity index (χ2v) is 5.87. The third kappa shape index (κ3) is 1.24. The lowest BCUT2D eigenvalue weighted by Crippen LogP contribution is -2.55. The molecule has 3 aliphatic rings. The predicted octanol–water partition coefficient (Wildman–Crippen LogP) is 2.85. The molecule has 3 rings (SSSR count). The lowest BCUT2D eigenvalue weighted by molar-refractivity contribution is 0.0624. The van der Waals surface area contributed by atoms with Gasteiger partial charge in [-0.15, -0.1) is 0 Å². The molecule has 1 nitrogen and oxygen atoms in total. The Morgan fingerprint density at radius 1 is 1.00 bits per heavy atom. The highest BCUT2D eigenvalue weighted by Crippen LogP contribution is 2.54. The lowest BCUT2D eigenvalue weighted by Gasteiger charge is -2.49. The average molecular weight is 179 g/mol. The Bertz CT molecular complexity index is 211. The van der Waals surface area contributed by atoms with Gasteiger partial charge in [0.25, 0.3) is 0 Å². The van der Waals surface area contributed by atoms with Crippen molar-refractivity contribution in [2.24, 2.45) is 5.41 Å². The smallest absolute Gasteiger partial charge is 0.0157 e. The maximum absolute atomic E-state index is 3.90. The van der Waals surface area contributed by atoms with Gasteiger partial charge in [-0.1, -0.05) is 12.8 Å². The highest BCUT2D eigenvalue weighted by atomic mass is 15.1. The summed E-state index contributed by atoms with van der Waals surface area (Å²) in [6.45, 7) is 2.40. The van der Waals surface area contributed by atoms with Gasteiger partial charge in [-0.2, -0.15) is 0 Å². The van der Waals surface area contributed by atoms with Crippen molar-refractivity contribution in [1.29, 1.82) is 0 Å². The van der Waals surface area contributed by atoms with Crippen LogP contribution in [0.3, 0.4) is 0 Å². The van der Waals surface area contributed by atoms with Crippen LogP contribution in [0.1, 0.15) is 58.3 Å². The minimum Gasteiger partial charge on any atom is -0.308 e. The topological polar surface area (TPSA) is 12.0 Å². The fourth-order valence-corrected chi connectivity index (χ4v) is 3.35. The summed E-state index contributed by atoms with van der Waals surface area (Å²) in [6, 6.07) is 0.891. The van der Waals surface area contributed by atoms with Gasteiger partial charge in [0.1, 0.15) is 0 Å². The van der Waals surface area contributed by atoms with Gasteiger partial charge in [-0.25, -0.2) is 0 Å². The number of hydrogen-bond acceptors (Lipinski definition) is 1. The van der Waals surface area contributed by atoms with Crippen molar-refractivity contribution >= 4 is 0 Å². The first kappa shape index (κ1) is 8.28. The normalized spacial score (nSPS) is 39.0. The summed E-state index contributed by atoms with van der Waals surface area (Å²) in [5.74, 6) is 0. The molecule has 3 saturated carbocycles. The zero-order valence-corrected chi connectivity index (χ0v) is 8.73. The molecule has 0 aromatic heterocycles. The average Bonchev–Trinajstić information content (AvgIpc) is 2.69. The van der Waals surface area contributed by atoms with Crippen LogP contribution in [0.5, 0.6) is 0 Å². The van der Waals surface area contributed by atoms with Crippen molar-refractivity contribution in [3.05, 3.63) is 0 Å². The van der Waals surface area contributed by atoms with Gasteiger partial charge in [-0.3, -0.25) is 0 Å². The van der Waals surface area contributed by atoms with Crippen molar-refractivity contribution in [3.8, 4) is 0 Å². The minimum atomic E-state index is 0.556. The molecule has 0 aromatic rings. The van der Waals surface area contributed by atoms with Crippen molar-refractivity contribution in [2.45, 2.75) is 69.9 Å². The van der Waals surface area contributed by atoms with E-state index in [4.69, 9.17) is 0 Å². The highest BCUT2D eigenvalue weighted by Gasteiger charge is 2.51. The molecule has 0 aromatic carbocycles. The first-order valence-corrected chi connectivity index (χ1v) is 6.00.